The Kier molecular flexibility index (Phi) is 3.03. The second-order valence-corrected chi connectivity index (χ2v) is 3.16. The predicted octanol–water partition coefficient (Wildman–Crippen LogP) is 0.928. The maximum Gasteiger partial charge on any atom is 0.160 e. The van der Waals surface area contributed by atoms with Crippen molar-refractivity contribution in [1.29, 1.82) is 0 Å². The summed E-state index contributed by atoms with van der Waals surface area (Å²) in [5.41, 5.74) is 11.2. The Morgan fingerprint density at radius 3 is 2.29 bits per heavy atom. The molecule has 0 aliphatic rings. The van der Waals surface area contributed by atoms with E-state index in [4.69, 9.17) is 16.6 Å². The molecule has 0 amide bonds. The molecular weight excluding hydrogens is 190 g/mol. The minimum Gasteiger partial charge on any atom is -0.398 e. The van der Waals surface area contributed by atoms with E-state index in [0.29, 0.717) is 0 Å². The second kappa shape index (κ2) is 3.89. The summed E-state index contributed by atoms with van der Waals surface area (Å²) in [6.07, 6.45) is -0.873. The molecule has 0 saturated heterocycles. The van der Waals surface area contributed by atoms with Crippen LogP contribution in [0.15, 0.2) is 12.1 Å². The van der Waals surface area contributed by atoms with E-state index in [-0.39, 0.29) is 11.3 Å². The standard InChI is InChI=1S/C9H12F2N2O/c1-4(14)9(13)5-2-6(10)7(11)3-8(5)12/h2-4,9,14H,12-13H2,1H3/t4-,9+/m0/s1. The summed E-state index contributed by atoms with van der Waals surface area (Å²) in [7, 11) is 0. The molecule has 78 valence electrons. The van der Waals surface area contributed by atoms with Gasteiger partial charge in [-0.25, -0.2) is 8.78 Å². The summed E-state index contributed by atoms with van der Waals surface area (Å²) < 4.78 is 25.5. The monoisotopic (exact) mass is 202 g/mol. The number of aliphatic hydroxyl groups excluding tert-OH is 1. The minimum atomic E-state index is -1.02. The smallest absolute Gasteiger partial charge is 0.160 e. The Morgan fingerprint density at radius 2 is 1.79 bits per heavy atom. The topological polar surface area (TPSA) is 72.3 Å². The van der Waals surface area contributed by atoms with Crippen LogP contribution in [0.1, 0.15) is 18.5 Å². The molecule has 1 aromatic rings. The number of halogens is 2. The van der Waals surface area contributed by atoms with Crippen molar-refractivity contribution in [2.45, 2.75) is 19.1 Å². The van der Waals surface area contributed by atoms with Gasteiger partial charge < -0.3 is 16.6 Å². The van der Waals surface area contributed by atoms with E-state index < -0.39 is 23.8 Å². The van der Waals surface area contributed by atoms with Crippen LogP contribution in [0.2, 0.25) is 0 Å². The molecule has 14 heavy (non-hydrogen) atoms. The van der Waals surface area contributed by atoms with Crippen molar-refractivity contribution >= 4 is 5.69 Å². The molecule has 0 fully saturated rings. The van der Waals surface area contributed by atoms with Crippen LogP contribution in [-0.4, -0.2) is 11.2 Å². The van der Waals surface area contributed by atoms with Gasteiger partial charge in [-0.15, -0.1) is 0 Å². The lowest BCUT2D eigenvalue weighted by molar-refractivity contribution is 0.164. The van der Waals surface area contributed by atoms with Crippen LogP contribution in [0, 0.1) is 11.6 Å². The van der Waals surface area contributed by atoms with E-state index in [1.54, 1.807) is 0 Å². The van der Waals surface area contributed by atoms with Crippen molar-refractivity contribution in [2.24, 2.45) is 5.73 Å². The van der Waals surface area contributed by atoms with E-state index in [0.717, 1.165) is 12.1 Å². The Bertz CT molecular complexity index is 342. The van der Waals surface area contributed by atoms with Gasteiger partial charge in [0.25, 0.3) is 0 Å². The number of nitrogens with two attached hydrogens (primary N) is 2. The summed E-state index contributed by atoms with van der Waals surface area (Å²) in [5, 5.41) is 9.16. The molecule has 0 saturated carbocycles. The van der Waals surface area contributed by atoms with Gasteiger partial charge in [0.2, 0.25) is 0 Å². The van der Waals surface area contributed by atoms with Crippen molar-refractivity contribution in [3.63, 3.8) is 0 Å². The molecule has 0 aliphatic carbocycles. The fraction of sp³-hybridized carbons (Fsp3) is 0.333. The molecule has 2 atom stereocenters. The van der Waals surface area contributed by atoms with Crippen molar-refractivity contribution in [1.82, 2.24) is 0 Å². The van der Waals surface area contributed by atoms with Gasteiger partial charge in [0.05, 0.1) is 12.1 Å². The molecule has 0 radical (unpaired) electrons. The Balaban J connectivity index is 3.15. The Morgan fingerprint density at radius 1 is 1.29 bits per heavy atom. The van der Waals surface area contributed by atoms with Crippen LogP contribution in [0.5, 0.6) is 0 Å². The Hall–Kier alpha value is -1.20. The molecule has 0 heterocycles. The van der Waals surface area contributed by atoms with Gasteiger partial charge in [-0.05, 0) is 18.6 Å². The van der Waals surface area contributed by atoms with Crippen molar-refractivity contribution in [3.05, 3.63) is 29.3 Å². The molecule has 0 spiro atoms. The number of nitrogen functional groups attached to an aromatic ring is 1. The third kappa shape index (κ3) is 2.00. The first-order valence-corrected chi connectivity index (χ1v) is 4.11. The fourth-order valence-corrected chi connectivity index (χ4v) is 1.13. The number of hydrogen-bond acceptors (Lipinski definition) is 3. The number of anilines is 1. The third-order valence-corrected chi connectivity index (χ3v) is 2.00. The minimum absolute atomic E-state index is 0.0392. The van der Waals surface area contributed by atoms with Gasteiger partial charge in [-0.3, -0.25) is 0 Å². The molecule has 1 aromatic carbocycles. The van der Waals surface area contributed by atoms with Crippen LogP contribution in [0.4, 0.5) is 14.5 Å². The molecule has 5 heteroatoms. The van der Waals surface area contributed by atoms with Crippen molar-refractivity contribution in [3.8, 4) is 0 Å². The zero-order chi connectivity index (χ0) is 10.9. The zero-order valence-corrected chi connectivity index (χ0v) is 7.67. The van der Waals surface area contributed by atoms with E-state index >= 15 is 0 Å². The summed E-state index contributed by atoms with van der Waals surface area (Å²) in [6, 6.07) is 0.944. The van der Waals surface area contributed by atoms with E-state index in [9.17, 15) is 8.78 Å². The van der Waals surface area contributed by atoms with Gasteiger partial charge in [0, 0.05) is 11.8 Å². The first-order valence-electron chi connectivity index (χ1n) is 4.11. The van der Waals surface area contributed by atoms with Gasteiger partial charge in [0.15, 0.2) is 11.6 Å². The van der Waals surface area contributed by atoms with Crippen LogP contribution in [0.3, 0.4) is 0 Å². The van der Waals surface area contributed by atoms with Crippen LogP contribution >= 0.6 is 0 Å². The molecular formula is C9H12F2N2O. The van der Waals surface area contributed by atoms with Crippen LogP contribution in [-0.2, 0) is 0 Å². The van der Waals surface area contributed by atoms with Gasteiger partial charge in [-0.2, -0.15) is 0 Å². The van der Waals surface area contributed by atoms with E-state index in [1.807, 2.05) is 0 Å². The lowest BCUT2D eigenvalue weighted by Gasteiger charge is -2.17. The van der Waals surface area contributed by atoms with Crippen molar-refractivity contribution in [2.75, 3.05) is 5.73 Å². The summed E-state index contributed by atoms with van der Waals surface area (Å²) in [5.74, 6) is -2.05. The van der Waals surface area contributed by atoms with Crippen LogP contribution in [0.25, 0.3) is 0 Å². The predicted molar refractivity (Wildman–Crippen MR) is 49.4 cm³/mol. The highest BCUT2D eigenvalue weighted by Crippen LogP contribution is 2.23. The SMILES string of the molecule is C[C@H](O)[C@@H](N)c1cc(F)c(F)cc1N. The van der Waals surface area contributed by atoms with E-state index in [1.165, 1.54) is 6.92 Å². The van der Waals surface area contributed by atoms with Crippen molar-refractivity contribution < 1.29 is 13.9 Å². The highest BCUT2D eigenvalue weighted by atomic mass is 19.2. The number of hydrogen-bond donors (Lipinski definition) is 3. The number of rotatable bonds is 2. The maximum atomic E-state index is 12.8. The van der Waals surface area contributed by atoms with Gasteiger partial charge >= 0.3 is 0 Å². The average Bonchev–Trinajstić information content (AvgIpc) is 2.10. The van der Waals surface area contributed by atoms with Gasteiger partial charge in [0.1, 0.15) is 0 Å². The average molecular weight is 202 g/mol. The quantitative estimate of drug-likeness (QED) is 0.624. The van der Waals surface area contributed by atoms with Crippen LogP contribution < -0.4 is 11.5 Å². The molecule has 1 rings (SSSR count). The lowest BCUT2D eigenvalue weighted by Crippen LogP contribution is -2.24. The number of aliphatic hydroxyl groups is 1. The van der Waals surface area contributed by atoms with Gasteiger partial charge in [-0.1, -0.05) is 0 Å². The summed E-state index contributed by atoms with van der Waals surface area (Å²) in [6.45, 7) is 1.45. The molecule has 5 N–H and O–H groups in total. The highest BCUT2D eigenvalue weighted by molar-refractivity contribution is 5.49. The molecule has 0 aliphatic heterocycles. The zero-order valence-electron chi connectivity index (χ0n) is 7.67. The fourth-order valence-electron chi connectivity index (χ4n) is 1.13. The first-order chi connectivity index (χ1) is 6.43. The van der Waals surface area contributed by atoms with E-state index in [2.05, 4.69) is 0 Å². The third-order valence-electron chi connectivity index (χ3n) is 2.00. The molecule has 3 nitrogen and oxygen atoms in total. The highest BCUT2D eigenvalue weighted by Gasteiger charge is 2.17. The maximum absolute atomic E-state index is 12.8. The molecule has 0 unspecified atom stereocenters. The normalized spacial score (nSPS) is 15.2. The summed E-state index contributed by atoms with van der Waals surface area (Å²) >= 11 is 0. The first kappa shape index (κ1) is 10.9. The second-order valence-electron chi connectivity index (χ2n) is 3.16. The molecule has 0 aromatic heterocycles. The Labute approximate surface area is 80.3 Å². The number of benzene rings is 1. The lowest BCUT2D eigenvalue weighted by atomic mass is 10.0. The molecule has 0 bridgehead atoms. The largest absolute Gasteiger partial charge is 0.398 e. The summed E-state index contributed by atoms with van der Waals surface area (Å²) in [4.78, 5) is 0.